The molecular weight excluding hydrogens is 534 g/mol. The van der Waals surface area contributed by atoms with E-state index in [0.29, 0.717) is 10.7 Å². The van der Waals surface area contributed by atoms with Crippen molar-refractivity contribution in [3.05, 3.63) is 94.5 Å². The molecule has 39 heavy (non-hydrogen) atoms. The van der Waals surface area contributed by atoms with Gasteiger partial charge < -0.3 is 10.2 Å². The molecule has 1 N–H and O–H groups in total. The maximum absolute atomic E-state index is 14.0. The Morgan fingerprint density at radius 1 is 0.949 bits per heavy atom. The van der Waals surface area contributed by atoms with Crippen LogP contribution in [0.2, 0.25) is 5.02 Å². The van der Waals surface area contributed by atoms with E-state index in [1.807, 2.05) is 39.8 Å². The molecule has 2 atom stereocenters. The van der Waals surface area contributed by atoms with Crippen LogP contribution < -0.4 is 9.62 Å². The Labute approximate surface area is 236 Å². The largest absolute Gasteiger partial charge is 0.352 e. The molecule has 0 spiro atoms. The quantitative estimate of drug-likeness (QED) is 0.331. The van der Waals surface area contributed by atoms with Gasteiger partial charge in [-0.15, -0.1) is 0 Å². The van der Waals surface area contributed by atoms with Crippen molar-refractivity contribution in [2.24, 2.45) is 0 Å². The summed E-state index contributed by atoms with van der Waals surface area (Å²) in [6, 6.07) is 19.5. The second kappa shape index (κ2) is 13.1. The molecule has 2 amide bonds. The molecule has 7 nitrogen and oxygen atoms in total. The van der Waals surface area contributed by atoms with Crippen LogP contribution in [0.25, 0.3) is 0 Å². The molecule has 208 valence electrons. The summed E-state index contributed by atoms with van der Waals surface area (Å²) >= 11 is 6.19. The smallest absolute Gasteiger partial charge is 0.264 e. The fourth-order valence-electron chi connectivity index (χ4n) is 4.12. The highest BCUT2D eigenvalue weighted by Crippen LogP contribution is 2.29. The number of amides is 2. The van der Waals surface area contributed by atoms with Crippen LogP contribution in [-0.2, 0) is 26.2 Å². The molecule has 0 bridgehead atoms. The normalized spacial score (nSPS) is 12.9. The summed E-state index contributed by atoms with van der Waals surface area (Å²) < 4.78 is 28.9. The number of carbonyl (C=O) groups is 2. The molecule has 0 aliphatic carbocycles. The van der Waals surface area contributed by atoms with Crippen molar-refractivity contribution >= 4 is 39.1 Å². The van der Waals surface area contributed by atoms with E-state index >= 15 is 0 Å². The first kappa shape index (κ1) is 30.2. The van der Waals surface area contributed by atoms with Crippen molar-refractivity contribution in [3.8, 4) is 0 Å². The maximum Gasteiger partial charge on any atom is 0.264 e. The molecular formula is C30H36ClN3O4S. The number of nitrogens with zero attached hydrogens (tertiary/aromatic N) is 2. The molecule has 2 unspecified atom stereocenters. The van der Waals surface area contributed by atoms with E-state index in [1.165, 1.54) is 17.0 Å². The van der Waals surface area contributed by atoms with Gasteiger partial charge in [0.2, 0.25) is 11.8 Å². The van der Waals surface area contributed by atoms with Crippen molar-refractivity contribution < 1.29 is 18.0 Å². The van der Waals surface area contributed by atoms with Crippen LogP contribution in [0.3, 0.4) is 0 Å². The zero-order chi connectivity index (χ0) is 28.7. The number of hydrogen-bond acceptors (Lipinski definition) is 4. The first-order chi connectivity index (χ1) is 18.4. The van der Waals surface area contributed by atoms with Gasteiger partial charge in [-0.2, -0.15) is 0 Å². The highest BCUT2D eigenvalue weighted by Gasteiger charge is 2.33. The molecule has 3 rings (SSSR count). The molecule has 0 aliphatic heterocycles. The molecule has 0 fully saturated rings. The Kier molecular flexibility index (Phi) is 10.2. The first-order valence-electron chi connectivity index (χ1n) is 12.9. The van der Waals surface area contributed by atoms with E-state index in [4.69, 9.17) is 11.6 Å². The summed E-state index contributed by atoms with van der Waals surface area (Å²) in [4.78, 5) is 28.6. The molecule has 9 heteroatoms. The lowest BCUT2D eigenvalue weighted by molar-refractivity contribution is -0.139. The van der Waals surface area contributed by atoms with E-state index in [9.17, 15) is 18.0 Å². The van der Waals surface area contributed by atoms with Gasteiger partial charge in [0, 0.05) is 17.6 Å². The van der Waals surface area contributed by atoms with Gasteiger partial charge in [0.25, 0.3) is 10.0 Å². The van der Waals surface area contributed by atoms with Gasteiger partial charge in [-0.1, -0.05) is 61.0 Å². The molecule has 0 radical (unpaired) electrons. The van der Waals surface area contributed by atoms with E-state index in [-0.39, 0.29) is 23.4 Å². The third-order valence-electron chi connectivity index (χ3n) is 6.87. The van der Waals surface area contributed by atoms with Crippen LogP contribution in [0.1, 0.15) is 43.9 Å². The number of benzene rings is 3. The number of anilines is 1. The number of sulfonamides is 1. The van der Waals surface area contributed by atoms with Crippen molar-refractivity contribution in [2.45, 2.75) is 64.6 Å². The minimum absolute atomic E-state index is 0.0719. The van der Waals surface area contributed by atoms with E-state index < -0.39 is 28.5 Å². The second-order valence-corrected chi connectivity index (χ2v) is 12.0. The summed E-state index contributed by atoms with van der Waals surface area (Å²) in [6.07, 6.45) is 0.733. The Morgan fingerprint density at radius 2 is 1.62 bits per heavy atom. The number of aryl methyl sites for hydroxylation is 1. The van der Waals surface area contributed by atoms with E-state index in [1.54, 1.807) is 55.5 Å². The average Bonchev–Trinajstić information content (AvgIpc) is 2.92. The Hall–Kier alpha value is -3.36. The van der Waals surface area contributed by atoms with Gasteiger partial charge >= 0.3 is 0 Å². The zero-order valence-corrected chi connectivity index (χ0v) is 24.6. The van der Waals surface area contributed by atoms with E-state index in [0.717, 1.165) is 27.4 Å². The third-order valence-corrected chi connectivity index (χ3v) is 8.87. The summed E-state index contributed by atoms with van der Waals surface area (Å²) in [6.45, 7) is 8.82. The lowest BCUT2D eigenvalue weighted by Gasteiger charge is -2.33. The van der Waals surface area contributed by atoms with Gasteiger partial charge in [-0.25, -0.2) is 8.42 Å². The topological polar surface area (TPSA) is 86.8 Å². The predicted molar refractivity (Wildman–Crippen MR) is 156 cm³/mol. The molecule has 0 saturated heterocycles. The number of hydrogen-bond donors (Lipinski definition) is 1. The van der Waals surface area contributed by atoms with Gasteiger partial charge in [0.05, 0.1) is 10.6 Å². The van der Waals surface area contributed by atoms with Crippen LogP contribution in [0.4, 0.5) is 5.69 Å². The van der Waals surface area contributed by atoms with Gasteiger partial charge in [0.15, 0.2) is 0 Å². The summed E-state index contributed by atoms with van der Waals surface area (Å²) in [7, 11) is -4.11. The van der Waals surface area contributed by atoms with Gasteiger partial charge in [-0.3, -0.25) is 13.9 Å². The Balaban J connectivity index is 2.06. The van der Waals surface area contributed by atoms with Crippen LogP contribution in [0.5, 0.6) is 0 Å². The van der Waals surface area contributed by atoms with E-state index in [2.05, 4.69) is 5.32 Å². The second-order valence-electron chi connectivity index (χ2n) is 9.69. The standard InChI is InChI=1S/C30H36ClN3O4S/c1-6-22(3)32-30(36)24(5)33(19-25-13-11-14-26(31)18-25)29(35)20-34(28-17-10-12-21(2)23(28)4)39(37,38)27-15-8-7-9-16-27/h7-18,22,24H,6,19-20H2,1-5H3,(H,32,36). The van der Waals surface area contributed by atoms with Crippen LogP contribution in [0.15, 0.2) is 77.7 Å². The van der Waals surface area contributed by atoms with Crippen LogP contribution in [-0.4, -0.2) is 43.8 Å². The fraction of sp³-hybridized carbons (Fsp3) is 0.333. The lowest BCUT2D eigenvalue weighted by Crippen LogP contribution is -2.52. The fourth-order valence-corrected chi connectivity index (χ4v) is 5.82. The zero-order valence-electron chi connectivity index (χ0n) is 23.0. The summed E-state index contributed by atoms with van der Waals surface area (Å²) in [5.41, 5.74) is 2.77. The third kappa shape index (κ3) is 7.40. The Bertz CT molecular complexity index is 1410. The predicted octanol–water partition coefficient (Wildman–Crippen LogP) is 5.48. The highest BCUT2D eigenvalue weighted by atomic mass is 35.5. The SMILES string of the molecule is CCC(C)NC(=O)C(C)N(Cc1cccc(Cl)c1)C(=O)CN(c1cccc(C)c1C)S(=O)(=O)c1ccccc1. The number of halogens is 1. The minimum atomic E-state index is -4.11. The molecule has 0 heterocycles. The minimum Gasteiger partial charge on any atom is -0.352 e. The number of carbonyl (C=O) groups excluding carboxylic acids is 2. The monoisotopic (exact) mass is 569 g/mol. The lowest BCUT2D eigenvalue weighted by atomic mass is 10.1. The Morgan fingerprint density at radius 3 is 2.26 bits per heavy atom. The number of nitrogens with one attached hydrogen (secondary N) is 1. The molecule has 0 aliphatic rings. The van der Waals surface area contributed by atoms with Gasteiger partial charge in [0.1, 0.15) is 12.6 Å². The molecule has 0 saturated carbocycles. The van der Waals surface area contributed by atoms with Crippen molar-refractivity contribution in [1.29, 1.82) is 0 Å². The van der Waals surface area contributed by atoms with Crippen molar-refractivity contribution in [3.63, 3.8) is 0 Å². The highest BCUT2D eigenvalue weighted by molar-refractivity contribution is 7.92. The molecule has 0 aromatic heterocycles. The summed E-state index contributed by atoms with van der Waals surface area (Å²) in [5, 5.41) is 3.43. The van der Waals surface area contributed by atoms with Gasteiger partial charge in [-0.05, 0) is 81.1 Å². The van der Waals surface area contributed by atoms with Crippen molar-refractivity contribution in [1.82, 2.24) is 10.2 Å². The van der Waals surface area contributed by atoms with Crippen molar-refractivity contribution in [2.75, 3.05) is 10.8 Å². The van der Waals surface area contributed by atoms with Crippen LogP contribution in [0, 0.1) is 13.8 Å². The summed E-state index contributed by atoms with van der Waals surface area (Å²) in [5.74, 6) is -0.828. The maximum atomic E-state index is 14.0. The molecule has 3 aromatic rings. The van der Waals surface area contributed by atoms with Crippen LogP contribution >= 0.6 is 11.6 Å². The average molecular weight is 570 g/mol. The molecule has 3 aromatic carbocycles. The first-order valence-corrected chi connectivity index (χ1v) is 14.8. The number of rotatable bonds is 11.